The molecule has 2 aromatic heterocycles. The summed E-state index contributed by atoms with van der Waals surface area (Å²) < 4.78 is 0. The maximum atomic E-state index is 12.0. The van der Waals surface area contributed by atoms with Crippen LogP contribution in [0.2, 0.25) is 0 Å². The van der Waals surface area contributed by atoms with Gasteiger partial charge in [0.25, 0.3) is 0 Å². The van der Waals surface area contributed by atoms with Gasteiger partial charge >= 0.3 is 0 Å². The molecule has 0 radical (unpaired) electrons. The maximum absolute atomic E-state index is 12.0. The Morgan fingerprint density at radius 2 is 2.08 bits per heavy atom. The summed E-state index contributed by atoms with van der Waals surface area (Å²) in [6.45, 7) is 7.10. The van der Waals surface area contributed by atoms with Crippen LogP contribution in [0.15, 0.2) is 6.33 Å². The first-order valence-electron chi connectivity index (χ1n) is 8.90. The van der Waals surface area contributed by atoms with Crippen molar-refractivity contribution >= 4 is 33.3 Å². The lowest BCUT2D eigenvalue weighted by molar-refractivity contribution is -0.127. The second-order valence-corrected chi connectivity index (χ2v) is 8.15. The van der Waals surface area contributed by atoms with E-state index in [0.717, 1.165) is 43.1 Å². The molecule has 2 aromatic rings. The Morgan fingerprint density at radius 1 is 1.21 bits per heavy atom. The number of fused-ring (bicyclic) bond motifs is 1. The summed E-state index contributed by atoms with van der Waals surface area (Å²) in [7, 11) is 0. The fourth-order valence-electron chi connectivity index (χ4n) is 4.00. The van der Waals surface area contributed by atoms with Gasteiger partial charge in [-0.25, -0.2) is 9.97 Å². The fraction of sp³-hybridized carbons (Fsp3) is 0.611. The van der Waals surface area contributed by atoms with Crippen LogP contribution in [0, 0.1) is 13.8 Å². The van der Waals surface area contributed by atoms with Gasteiger partial charge < -0.3 is 9.80 Å². The molecular weight excluding hydrogens is 320 g/mol. The van der Waals surface area contributed by atoms with Crippen LogP contribution in [0.4, 0.5) is 5.82 Å². The van der Waals surface area contributed by atoms with Gasteiger partial charge in [-0.05, 0) is 45.1 Å². The van der Waals surface area contributed by atoms with Crippen LogP contribution in [0.3, 0.4) is 0 Å². The van der Waals surface area contributed by atoms with Crippen LogP contribution < -0.4 is 4.90 Å². The molecule has 2 aliphatic heterocycles. The molecule has 4 rings (SSSR count). The zero-order valence-electron chi connectivity index (χ0n) is 14.4. The molecule has 0 aliphatic carbocycles. The molecule has 5 nitrogen and oxygen atoms in total. The minimum Gasteiger partial charge on any atom is -0.351 e. The summed E-state index contributed by atoms with van der Waals surface area (Å²) in [4.78, 5) is 28.1. The summed E-state index contributed by atoms with van der Waals surface area (Å²) in [5.74, 6) is 1.38. The first kappa shape index (κ1) is 15.8. The monoisotopic (exact) mass is 344 g/mol. The molecule has 0 aromatic carbocycles. The summed E-state index contributed by atoms with van der Waals surface area (Å²) in [6.07, 6.45) is 6.98. The van der Waals surface area contributed by atoms with Gasteiger partial charge in [-0.2, -0.15) is 0 Å². The van der Waals surface area contributed by atoms with Gasteiger partial charge in [-0.3, -0.25) is 4.79 Å². The zero-order valence-corrected chi connectivity index (χ0v) is 15.2. The Kier molecular flexibility index (Phi) is 4.16. The number of amides is 1. The topological polar surface area (TPSA) is 49.3 Å². The van der Waals surface area contributed by atoms with Crippen LogP contribution in [0.5, 0.6) is 0 Å². The summed E-state index contributed by atoms with van der Waals surface area (Å²) in [5, 5.41) is 1.21. The Bertz CT molecular complexity index is 772. The van der Waals surface area contributed by atoms with Crippen molar-refractivity contribution < 1.29 is 4.79 Å². The molecule has 0 bridgehead atoms. The van der Waals surface area contributed by atoms with Crippen LogP contribution >= 0.6 is 11.3 Å². The molecule has 0 saturated carbocycles. The molecule has 1 atom stereocenters. The van der Waals surface area contributed by atoms with Crippen molar-refractivity contribution in [2.24, 2.45) is 0 Å². The van der Waals surface area contributed by atoms with E-state index in [1.165, 1.54) is 28.7 Å². The molecule has 0 unspecified atom stereocenters. The lowest BCUT2D eigenvalue weighted by atomic mass is 10.0. The average Bonchev–Trinajstić information content (AvgIpc) is 3.12. The number of hydrogen-bond acceptors (Lipinski definition) is 5. The van der Waals surface area contributed by atoms with Gasteiger partial charge in [0.05, 0.1) is 5.39 Å². The minimum absolute atomic E-state index is 0.316. The van der Waals surface area contributed by atoms with Crippen molar-refractivity contribution in [2.75, 3.05) is 24.5 Å². The molecule has 0 spiro atoms. The largest absolute Gasteiger partial charge is 0.351 e. The van der Waals surface area contributed by atoms with E-state index in [2.05, 4.69) is 28.7 Å². The molecule has 1 amide bonds. The highest BCUT2D eigenvalue weighted by Crippen LogP contribution is 2.36. The number of rotatable bonds is 3. The van der Waals surface area contributed by atoms with Gasteiger partial charge in [0, 0.05) is 37.0 Å². The van der Waals surface area contributed by atoms with Crippen LogP contribution in [0.1, 0.15) is 42.5 Å². The Morgan fingerprint density at radius 3 is 2.88 bits per heavy atom. The second-order valence-electron chi connectivity index (χ2n) is 6.95. The number of carbonyl (C=O) groups excluding carboxylic acids is 1. The van der Waals surface area contributed by atoms with Gasteiger partial charge in [-0.15, -0.1) is 11.3 Å². The van der Waals surface area contributed by atoms with E-state index in [0.29, 0.717) is 18.4 Å². The normalized spacial score (nSPS) is 21.9. The molecule has 2 saturated heterocycles. The Balaban J connectivity index is 1.69. The first-order chi connectivity index (χ1) is 11.6. The lowest BCUT2D eigenvalue weighted by Gasteiger charge is -2.39. The number of aryl methyl sites for hydroxylation is 2. The van der Waals surface area contributed by atoms with E-state index >= 15 is 0 Å². The third kappa shape index (κ3) is 2.66. The maximum Gasteiger partial charge on any atom is 0.222 e. The highest BCUT2D eigenvalue weighted by Gasteiger charge is 2.30. The first-order valence-corrected chi connectivity index (χ1v) is 9.72. The minimum atomic E-state index is 0.316. The van der Waals surface area contributed by atoms with Crippen LogP contribution in [-0.2, 0) is 4.79 Å². The number of carbonyl (C=O) groups is 1. The number of aromatic nitrogens is 2. The summed E-state index contributed by atoms with van der Waals surface area (Å²) in [5.41, 5.74) is 1.30. The van der Waals surface area contributed by atoms with Crippen LogP contribution in [-0.4, -0.2) is 46.5 Å². The van der Waals surface area contributed by atoms with E-state index < -0.39 is 0 Å². The van der Waals surface area contributed by atoms with Gasteiger partial charge in [-0.1, -0.05) is 0 Å². The van der Waals surface area contributed by atoms with E-state index in [1.54, 1.807) is 17.7 Å². The predicted octanol–water partition coefficient (Wildman–Crippen LogP) is 3.29. The summed E-state index contributed by atoms with van der Waals surface area (Å²) in [6, 6.07) is 0.374. The molecule has 2 fully saturated rings. The van der Waals surface area contributed by atoms with Crippen molar-refractivity contribution in [2.45, 2.75) is 52.0 Å². The average molecular weight is 344 g/mol. The van der Waals surface area contributed by atoms with E-state index in [9.17, 15) is 4.79 Å². The third-order valence-corrected chi connectivity index (χ3v) is 6.56. The lowest BCUT2D eigenvalue weighted by Crippen LogP contribution is -2.47. The molecule has 128 valence electrons. The molecule has 2 aliphatic rings. The third-order valence-electron chi connectivity index (χ3n) is 5.45. The molecule has 24 heavy (non-hydrogen) atoms. The van der Waals surface area contributed by atoms with Crippen molar-refractivity contribution in [3.8, 4) is 0 Å². The SMILES string of the molecule is Cc1sc2ncnc(N3CCCC[C@@H]3CN3CCCC3=O)c2c1C. The smallest absolute Gasteiger partial charge is 0.222 e. The van der Waals surface area contributed by atoms with Crippen molar-refractivity contribution in [3.63, 3.8) is 0 Å². The fourth-order valence-corrected chi connectivity index (χ4v) is 4.99. The van der Waals surface area contributed by atoms with Crippen LogP contribution in [0.25, 0.3) is 10.2 Å². The zero-order chi connectivity index (χ0) is 16.7. The molecule has 6 heteroatoms. The second kappa shape index (κ2) is 6.31. The number of nitrogens with zero attached hydrogens (tertiary/aromatic N) is 4. The van der Waals surface area contributed by atoms with Crippen molar-refractivity contribution in [3.05, 3.63) is 16.8 Å². The highest BCUT2D eigenvalue weighted by atomic mass is 32.1. The van der Waals surface area contributed by atoms with Gasteiger partial charge in [0.2, 0.25) is 5.91 Å². The predicted molar refractivity (Wildman–Crippen MR) is 97.7 cm³/mol. The number of thiophene rings is 1. The van der Waals surface area contributed by atoms with E-state index in [4.69, 9.17) is 0 Å². The van der Waals surface area contributed by atoms with Gasteiger partial charge in [0.1, 0.15) is 17.0 Å². The number of hydrogen-bond donors (Lipinski definition) is 0. The molecular formula is C18H24N4OS. The van der Waals surface area contributed by atoms with Crippen molar-refractivity contribution in [1.82, 2.24) is 14.9 Å². The number of anilines is 1. The van der Waals surface area contributed by atoms with E-state index in [1.807, 2.05) is 4.90 Å². The summed E-state index contributed by atoms with van der Waals surface area (Å²) >= 11 is 1.75. The standard InChI is InChI=1S/C18H24N4OS/c1-12-13(2)24-18-16(12)17(19-11-20-18)22-9-4-3-6-14(22)10-21-8-5-7-15(21)23/h11,14H,3-10H2,1-2H3/t14-/m1/s1. The van der Waals surface area contributed by atoms with Crippen molar-refractivity contribution in [1.29, 1.82) is 0 Å². The number of piperidine rings is 1. The molecule has 4 heterocycles. The van der Waals surface area contributed by atoms with E-state index in [-0.39, 0.29) is 0 Å². The highest BCUT2D eigenvalue weighted by molar-refractivity contribution is 7.18. The number of likely N-dealkylation sites (tertiary alicyclic amines) is 1. The quantitative estimate of drug-likeness (QED) is 0.857. The Labute approximate surface area is 146 Å². The van der Waals surface area contributed by atoms with Gasteiger partial charge in [0.15, 0.2) is 0 Å². The Hall–Kier alpha value is -1.69. The molecule has 0 N–H and O–H groups in total.